The molecule has 1 atom stereocenters. The molecule has 0 fully saturated rings. The van der Waals surface area contributed by atoms with Crippen LogP contribution in [0.2, 0.25) is 0 Å². The van der Waals surface area contributed by atoms with E-state index in [-0.39, 0.29) is 29.6 Å². The third kappa shape index (κ3) is 2.21. The SMILES string of the molecule is CC(O)C1(c2ccccc2S)N=NN=N1.[NaH]. The Morgan fingerprint density at radius 1 is 1.25 bits per heavy atom. The van der Waals surface area contributed by atoms with E-state index < -0.39 is 11.8 Å². The van der Waals surface area contributed by atoms with E-state index in [1.54, 1.807) is 13.0 Å². The van der Waals surface area contributed by atoms with Gasteiger partial charge in [0.1, 0.15) is 6.10 Å². The normalized spacial score (nSPS) is 18.2. The zero-order valence-corrected chi connectivity index (χ0v) is 8.96. The Balaban J connectivity index is 0.00000128. The zero-order valence-electron chi connectivity index (χ0n) is 8.07. The third-order valence-electron chi connectivity index (χ3n) is 2.32. The molecule has 1 heterocycles. The predicted molar refractivity (Wildman–Crippen MR) is 63.9 cm³/mol. The molecule has 1 aromatic carbocycles. The van der Waals surface area contributed by atoms with E-state index in [0.29, 0.717) is 10.5 Å². The van der Waals surface area contributed by atoms with Crippen LogP contribution in [-0.4, -0.2) is 40.8 Å². The molecule has 1 aromatic rings. The zero-order chi connectivity index (χ0) is 10.9. The molecular weight excluding hydrogens is 235 g/mol. The first kappa shape index (κ1) is 13.8. The molecule has 1 N–H and O–H groups in total. The molecule has 0 amide bonds. The van der Waals surface area contributed by atoms with Crippen LogP contribution >= 0.6 is 12.6 Å². The van der Waals surface area contributed by atoms with Crippen LogP contribution in [0.1, 0.15) is 12.5 Å². The molecule has 7 heteroatoms. The second-order valence-electron chi connectivity index (χ2n) is 3.30. The molecule has 0 saturated carbocycles. The van der Waals surface area contributed by atoms with Gasteiger partial charge in [-0.1, -0.05) is 18.2 Å². The van der Waals surface area contributed by atoms with Gasteiger partial charge in [0.15, 0.2) is 0 Å². The summed E-state index contributed by atoms with van der Waals surface area (Å²) in [6.45, 7) is 1.60. The minimum absolute atomic E-state index is 0. The van der Waals surface area contributed by atoms with Gasteiger partial charge in [-0.3, -0.25) is 0 Å². The van der Waals surface area contributed by atoms with Crippen molar-refractivity contribution in [3.05, 3.63) is 29.8 Å². The van der Waals surface area contributed by atoms with Crippen molar-refractivity contribution < 1.29 is 5.11 Å². The molecular formula is C9H11N4NaOS. The number of hydrogen-bond acceptors (Lipinski definition) is 6. The average Bonchev–Trinajstić information content (AvgIpc) is 2.68. The van der Waals surface area contributed by atoms with Gasteiger partial charge in [-0.2, -0.15) is 0 Å². The van der Waals surface area contributed by atoms with Crippen LogP contribution in [0, 0.1) is 0 Å². The Hall–Kier alpha value is -0.270. The van der Waals surface area contributed by atoms with Crippen LogP contribution < -0.4 is 0 Å². The molecule has 5 nitrogen and oxygen atoms in total. The summed E-state index contributed by atoms with van der Waals surface area (Å²) < 4.78 is 0. The fraction of sp³-hybridized carbons (Fsp3) is 0.333. The molecule has 16 heavy (non-hydrogen) atoms. The molecule has 0 aromatic heterocycles. The van der Waals surface area contributed by atoms with Crippen LogP contribution in [0.4, 0.5) is 0 Å². The monoisotopic (exact) mass is 246 g/mol. The molecule has 0 saturated heterocycles. The number of aliphatic hydroxyl groups excluding tert-OH is 1. The number of aliphatic hydroxyl groups is 1. The summed E-state index contributed by atoms with van der Waals surface area (Å²) in [4.78, 5) is 0.707. The minimum atomic E-state index is -1.13. The Bertz CT molecular complexity index is 423. The van der Waals surface area contributed by atoms with Gasteiger partial charge < -0.3 is 5.11 Å². The van der Waals surface area contributed by atoms with E-state index in [1.807, 2.05) is 18.2 Å². The second-order valence-corrected chi connectivity index (χ2v) is 3.78. The summed E-state index contributed by atoms with van der Waals surface area (Å²) in [7, 11) is 0. The number of benzene rings is 1. The van der Waals surface area contributed by atoms with Gasteiger partial charge in [-0.15, -0.1) is 22.9 Å². The molecule has 80 valence electrons. The topological polar surface area (TPSA) is 69.7 Å². The van der Waals surface area contributed by atoms with Crippen molar-refractivity contribution in [1.82, 2.24) is 0 Å². The van der Waals surface area contributed by atoms with E-state index in [1.165, 1.54) is 0 Å². The number of hydrogen-bond donors (Lipinski definition) is 2. The van der Waals surface area contributed by atoms with E-state index in [2.05, 4.69) is 33.3 Å². The fourth-order valence-electron chi connectivity index (χ4n) is 1.48. The van der Waals surface area contributed by atoms with Crippen LogP contribution in [0.25, 0.3) is 0 Å². The van der Waals surface area contributed by atoms with Gasteiger partial charge in [0.25, 0.3) is 0 Å². The van der Waals surface area contributed by atoms with E-state index >= 15 is 0 Å². The molecule has 1 aliphatic rings. The quantitative estimate of drug-likeness (QED) is 0.605. The first-order valence-electron chi connectivity index (χ1n) is 4.47. The van der Waals surface area contributed by atoms with Crippen molar-refractivity contribution in [2.75, 3.05) is 0 Å². The van der Waals surface area contributed by atoms with Crippen LogP contribution in [0.15, 0.2) is 49.8 Å². The Morgan fingerprint density at radius 3 is 2.31 bits per heavy atom. The summed E-state index contributed by atoms with van der Waals surface area (Å²) in [6, 6.07) is 7.30. The molecule has 0 aliphatic carbocycles. The van der Waals surface area contributed by atoms with Crippen LogP contribution in [-0.2, 0) is 5.66 Å². The van der Waals surface area contributed by atoms with Crippen molar-refractivity contribution in [2.24, 2.45) is 20.7 Å². The molecule has 2 rings (SSSR count). The average molecular weight is 246 g/mol. The summed E-state index contributed by atoms with van der Waals surface area (Å²) in [5.74, 6) is 0. The standard InChI is InChI=1S/C9H10N4OS.Na.H/c1-6(14)9(10-12-13-11-9)7-4-2-3-5-8(7)15;;/h2-6,14-15H,1H3;;. The summed E-state index contributed by atoms with van der Waals surface area (Å²) in [5.41, 5.74) is -0.424. The van der Waals surface area contributed by atoms with Gasteiger partial charge in [0.2, 0.25) is 5.66 Å². The predicted octanol–water partition coefficient (Wildman–Crippen LogP) is 1.69. The molecule has 0 bridgehead atoms. The van der Waals surface area contributed by atoms with E-state index in [4.69, 9.17) is 0 Å². The Morgan fingerprint density at radius 2 is 1.81 bits per heavy atom. The van der Waals surface area contributed by atoms with Gasteiger partial charge in [0, 0.05) is 10.5 Å². The van der Waals surface area contributed by atoms with Crippen molar-refractivity contribution in [3.8, 4) is 0 Å². The van der Waals surface area contributed by atoms with Gasteiger partial charge in [-0.05, 0) is 23.4 Å². The van der Waals surface area contributed by atoms with E-state index in [9.17, 15) is 5.11 Å². The van der Waals surface area contributed by atoms with Crippen molar-refractivity contribution in [3.63, 3.8) is 0 Å². The first-order valence-corrected chi connectivity index (χ1v) is 4.92. The Kier molecular flexibility index (Phi) is 4.63. The molecule has 1 unspecified atom stereocenters. The first-order chi connectivity index (χ1) is 7.17. The summed E-state index contributed by atoms with van der Waals surface area (Å²) in [5, 5.41) is 24.5. The van der Waals surface area contributed by atoms with Gasteiger partial charge >= 0.3 is 29.6 Å². The summed E-state index contributed by atoms with van der Waals surface area (Å²) in [6.07, 6.45) is -0.805. The second kappa shape index (κ2) is 5.37. The van der Waals surface area contributed by atoms with Crippen LogP contribution in [0.5, 0.6) is 0 Å². The maximum absolute atomic E-state index is 9.74. The maximum atomic E-state index is 9.74. The Labute approximate surface area is 121 Å². The molecule has 0 spiro atoms. The van der Waals surface area contributed by atoms with Crippen LogP contribution in [0.3, 0.4) is 0 Å². The third-order valence-corrected chi connectivity index (χ3v) is 2.71. The number of nitrogens with zero attached hydrogens (tertiary/aromatic N) is 4. The van der Waals surface area contributed by atoms with Crippen molar-refractivity contribution in [2.45, 2.75) is 23.6 Å². The van der Waals surface area contributed by atoms with Crippen molar-refractivity contribution >= 4 is 42.2 Å². The number of rotatable bonds is 2. The molecule has 0 radical (unpaired) electrons. The fourth-order valence-corrected chi connectivity index (χ4v) is 1.81. The molecule has 1 aliphatic heterocycles. The number of thiol groups is 1. The van der Waals surface area contributed by atoms with E-state index in [0.717, 1.165) is 0 Å². The van der Waals surface area contributed by atoms with Gasteiger partial charge in [-0.25, -0.2) is 0 Å². The van der Waals surface area contributed by atoms with Gasteiger partial charge in [0.05, 0.1) is 0 Å². The summed E-state index contributed by atoms with van der Waals surface area (Å²) >= 11 is 4.31. The van der Waals surface area contributed by atoms with Crippen molar-refractivity contribution in [1.29, 1.82) is 0 Å².